The van der Waals surface area contributed by atoms with Crippen molar-refractivity contribution in [1.29, 1.82) is 0 Å². The van der Waals surface area contributed by atoms with E-state index in [0.29, 0.717) is 25.6 Å². The Morgan fingerprint density at radius 1 is 1.08 bits per heavy atom. The number of piperidine rings is 1. The Morgan fingerprint density at radius 3 is 2.48 bits per heavy atom. The van der Waals surface area contributed by atoms with Gasteiger partial charge < -0.3 is 26.0 Å². The zero-order valence-corrected chi connectivity index (χ0v) is 13.9. The predicted molar refractivity (Wildman–Crippen MR) is 93.6 cm³/mol. The summed E-state index contributed by atoms with van der Waals surface area (Å²) in [7, 11) is 0. The number of phenols is 3. The normalized spacial score (nSPS) is 15.3. The molecule has 0 aliphatic carbocycles. The van der Waals surface area contributed by atoms with Crippen molar-refractivity contribution in [3.8, 4) is 17.2 Å². The quantitative estimate of drug-likeness (QED) is 0.640. The third-order valence-corrected chi connectivity index (χ3v) is 4.80. The maximum Gasteiger partial charge on any atom is 0.257 e. The summed E-state index contributed by atoms with van der Waals surface area (Å²) in [6.45, 7) is 1.64. The summed E-state index contributed by atoms with van der Waals surface area (Å²) in [5.74, 6) is -1.67. The molecule has 1 amide bonds. The van der Waals surface area contributed by atoms with Gasteiger partial charge in [-0.3, -0.25) is 4.79 Å². The van der Waals surface area contributed by atoms with Gasteiger partial charge in [0, 0.05) is 19.6 Å². The lowest BCUT2D eigenvalue weighted by Gasteiger charge is -2.32. The number of hydrogen-bond donors (Lipinski definition) is 4. The van der Waals surface area contributed by atoms with Crippen molar-refractivity contribution in [2.45, 2.75) is 25.3 Å². The average Bonchev–Trinajstić information content (AvgIpc) is 2.66. The smallest absolute Gasteiger partial charge is 0.257 e. The molecule has 0 bridgehead atoms. The molecule has 2 aromatic carbocycles. The van der Waals surface area contributed by atoms with E-state index in [1.165, 1.54) is 17.7 Å². The fraction of sp³-hybridized carbons (Fsp3) is 0.316. The lowest BCUT2D eigenvalue weighted by Crippen LogP contribution is -2.38. The number of phenolic OH excluding ortho intramolecular Hbond substituents is 3. The molecule has 25 heavy (non-hydrogen) atoms. The molecule has 0 atom stereocenters. The molecule has 1 aliphatic heterocycles. The number of nitrogens with zero attached hydrogens (tertiary/aromatic N) is 1. The Bertz CT molecular complexity index is 783. The fourth-order valence-electron chi connectivity index (χ4n) is 3.30. The number of amides is 1. The van der Waals surface area contributed by atoms with Crippen LogP contribution in [0.25, 0.3) is 0 Å². The second-order valence-corrected chi connectivity index (χ2v) is 6.35. The van der Waals surface area contributed by atoms with Crippen LogP contribution in [-0.2, 0) is 6.54 Å². The molecule has 1 fully saturated rings. The number of carbonyl (C=O) groups is 1. The number of hydrogen-bond acceptors (Lipinski definition) is 5. The highest BCUT2D eigenvalue weighted by molar-refractivity contribution is 5.98. The van der Waals surface area contributed by atoms with E-state index < -0.39 is 17.2 Å². The molecule has 5 N–H and O–H groups in total. The zero-order chi connectivity index (χ0) is 18.0. The van der Waals surface area contributed by atoms with Crippen LogP contribution in [-0.4, -0.2) is 39.2 Å². The van der Waals surface area contributed by atoms with E-state index in [1.807, 2.05) is 12.1 Å². The Hall–Kier alpha value is -2.73. The molecule has 1 aliphatic rings. The monoisotopic (exact) mass is 342 g/mol. The number of likely N-dealkylation sites (tertiary alicyclic amines) is 1. The lowest BCUT2D eigenvalue weighted by atomic mass is 9.88. The van der Waals surface area contributed by atoms with Crippen molar-refractivity contribution >= 4 is 5.91 Å². The van der Waals surface area contributed by atoms with Gasteiger partial charge in [0.15, 0.2) is 11.5 Å². The molecule has 3 rings (SSSR count). The average molecular weight is 342 g/mol. The minimum Gasteiger partial charge on any atom is -0.504 e. The fourth-order valence-corrected chi connectivity index (χ4v) is 3.30. The minimum atomic E-state index is -0.667. The first kappa shape index (κ1) is 17.1. The van der Waals surface area contributed by atoms with Gasteiger partial charge in [-0.25, -0.2) is 0 Å². The van der Waals surface area contributed by atoms with Crippen LogP contribution in [0.2, 0.25) is 0 Å². The highest BCUT2D eigenvalue weighted by Gasteiger charge is 2.27. The van der Waals surface area contributed by atoms with Crippen LogP contribution in [0, 0.1) is 0 Å². The molecule has 132 valence electrons. The molecule has 0 unspecified atom stereocenters. The molecule has 1 heterocycles. The predicted octanol–water partition coefficient (Wildman–Crippen LogP) is 2.28. The van der Waals surface area contributed by atoms with E-state index in [9.17, 15) is 20.1 Å². The SMILES string of the molecule is NCc1cccc(C2CCN(C(=O)c3ccc(O)c(O)c3O)CC2)c1. The Morgan fingerprint density at radius 2 is 1.80 bits per heavy atom. The van der Waals surface area contributed by atoms with Gasteiger partial charge in [-0.2, -0.15) is 0 Å². The molecule has 6 heteroatoms. The molecular weight excluding hydrogens is 320 g/mol. The first-order valence-electron chi connectivity index (χ1n) is 8.33. The molecule has 1 saturated heterocycles. The van der Waals surface area contributed by atoms with E-state index in [0.717, 1.165) is 18.4 Å². The van der Waals surface area contributed by atoms with E-state index >= 15 is 0 Å². The van der Waals surface area contributed by atoms with Crippen molar-refractivity contribution in [3.05, 3.63) is 53.1 Å². The molecule has 6 nitrogen and oxygen atoms in total. The number of nitrogens with two attached hydrogens (primary N) is 1. The first-order valence-corrected chi connectivity index (χ1v) is 8.33. The standard InChI is InChI=1S/C19H22N2O4/c20-11-12-2-1-3-14(10-12)13-6-8-21(9-7-13)19(25)15-4-5-16(22)18(24)17(15)23/h1-5,10,13,22-24H,6-9,11,20H2. The van der Waals surface area contributed by atoms with Crippen molar-refractivity contribution in [2.75, 3.05) is 13.1 Å². The van der Waals surface area contributed by atoms with E-state index in [1.54, 1.807) is 4.90 Å². The second-order valence-electron chi connectivity index (χ2n) is 6.35. The summed E-state index contributed by atoms with van der Waals surface area (Å²) in [6, 6.07) is 10.7. The van der Waals surface area contributed by atoms with Gasteiger partial charge in [0.1, 0.15) is 0 Å². The second kappa shape index (κ2) is 7.03. The van der Waals surface area contributed by atoms with Gasteiger partial charge >= 0.3 is 0 Å². The summed E-state index contributed by atoms with van der Waals surface area (Å²) in [6.07, 6.45) is 1.65. The number of rotatable bonds is 3. The van der Waals surface area contributed by atoms with Crippen LogP contribution in [0.4, 0.5) is 0 Å². The Labute approximate surface area is 146 Å². The van der Waals surface area contributed by atoms with Crippen LogP contribution in [0.3, 0.4) is 0 Å². The molecule has 0 spiro atoms. The van der Waals surface area contributed by atoms with Crippen LogP contribution in [0.5, 0.6) is 17.2 Å². The lowest BCUT2D eigenvalue weighted by molar-refractivity contribution is 0.0709. The zero-order valence-electron chi connectivity index (χ0n) is 13.9. The van der Waals surface area contributed by atoms with Crippen LogP contribution >= 0.6 is 0 Å². The van der Waals surface area contributed by atoms with Crippen molar-refractivity contribution in [2.24, 2.45) is 5.73 Å². The third-order valence-electron chi connectivity index (χ3n) is 4.80. The molecule has 0 radical (unpaired) electrons. The van der Waals surface area contributed by atoms with Gasteiger partial charge in [-0.15, -0.1) is 0 Å². The summed E-state index contributed by atoms with van der Waals surface area (Å²) in [5.41, 5.74) is 8.03. The summed E-state index contributed by atoms with van der Waals surface area (Å²) in [4.78, 5) is 14.2. The highest BCUT2D eigenvalue weighted by atomic mass is 16.3. The molecular formula is C19H22N2O4. The summed E-state index contributed by atoms with van der Waals surface area (Å²) >= 11 is 0. The van der Waals surface area contributed by atoms with Gasteiger partial charge in [0.05, 0.1) is 5.56 Å². The number of benzene rings is 2. The molecule has 0 aromatic heterocycles. The van der Waals surface area contributed by atoms with Gasteiger partial charge in [-0.05, 0) is 42.0 Å². The largest absolute Gasteiger partial charge is 0.504 e. The Balaban J connectivity index is 1.70. The maximum atomic E-state index is 12.6. The minimum absolute atomic E-state index is 0.00104. The van der Waals surface area contributed by atoms with Crippen LogP contribution in [0.1, 0.15) is 40.2 Å². The van der Waals surface area contributed by atoms with E-state index in [-0.39, 0.29) is 11.5 Å². The highest BCUT2D eigenvalue weighted by Crippen LogP contribution is 2.38. The van der Waals surface area contributed by atoms with Crippen molar-refractivity contribution in [3.63, 3.8) is 0 Å². The topological polar surface area (TPSA) is 107 Å². The summed E-state index contributed by atoms with van der Waals surface area (Å²) < 4.78 is 0. The molecule has 0 saturated carbocycles. The first-order chi connectivity index (χ1) is 12.0. The third kappa shape index (κ3) is 3.39. The van der Waals surface area contributed by atoms with Crippen LogP contribution < -0.4 is 5.73 Å². The number of carbonyl (C=O) groups excluding carboxylic acids is 1. The number of aromatic hydroxyl groups is 3. The maximum absolute atomic E-state index is 12.6. The molecule has 2 aromatic rings. The van der Waals surface area contributed by atoms with Gasteiger partial charge in [0.2, 0.25) is 5.75 Å². The van der Waals surface area contributed by atoms with Crippen LogP contribution in [0.15, 0.2) is 36.4 Å². The van der Waals surface area contributed by atoms with Gasteiger partial charge in [-0.1, -0.05) is 24.3 Å². The van der Waals surface area contributed by atoms with Crippen molar-refractivity contribution < 1.29 is 20.1 Å². The Kier molecular flexibility index (Phi) is 4.81. The van der Waals surface area contributed by atoms with Gasteiger partial charge in [0.25, 0.3) is 5.91 Å². The van der Waals surface area contributed by atoms with E-state index in [4.69, 9.17) is 5.73 Å². The van der Waals surface area contributed by atoms with E-state index in [2.05, 4.69) is 12.1 Å². The van der Waals surface area contributed by atoms with Crippen molar-refractivity contribution in [1.82, 2.24) is 4.90 Å². The summed E-state index contributed by atoms with van der Waals surface area (Å²) in [5, 5.41) is 28.9.